The Morgan fingerprint density at radius 3 is 2.89 bits per heavy atom. The van der Waals surface area contributed by atoms with Crippen molar-refractivity contribution in [1.82, 2.24) is 9.80 Å². The third kappa shape index (κ3) is 3.55. The molecule has 5 heteroatoms. The number of carbonyl (C=O) groups is 1. The fourth-order valence-corrected chi connectivity index (χ4v) is 3.53. The summed E-state index contributed by atoms with van der Waals surface area (Å²) in [7, 11) is 2.17. The lowest BCUT2D eigenvalue weighted by Gasteiger charge is -2.27. The van der Waals surface area contributed by atoms with E-state index in [1.807, 2.05) is 13.0 Å². The van der Waals surface area contributed by atoms with Crippen molar-refractivity contribution < 1.29 is 9.90 Å². The molecule has 0 aliphatic carbocycles. The molecule has 1 fully saturated rings. The van der Waals surface area contributed by atoms with Crippen molar-refractivity contribution in [2.45, 2.75) is 32.9 Å². The van der Waals surface area contributed by atoms with Gasteiger partial charge in [0.15, 0.2) is 0 Å². The fourth-order valence-electron chi connectivity index (χ4n) is 2.66. The standard InChI is InChI=1S/C14H22N2O2S/c1-10-8-15(3)5-4-6-16(10)9-12-7-13(14(17)18)19-11(12)2/h7,10H,4-6,8-9H2,1-3H3,(H,17,18). The van der Waals surface area contributed by atoms with E-state index in [0.717, 1.165) is 31.1 Å². The van der Waals surface area contributed by atoms with Crippen LogP contribution in [0.2, 0.25) is 0 Å². The van der Waals surface area contributed by atoms with Gasteiger partial charge in [-0.05, 0) is 45.5 Å². The predicted octanol–water partition coefficient (Wildman–Crippen LogP) is 2.28. The molecule has 1 unspecified atom stereocenters. The van der Waals surface area contributed by atoms with Gasteiger partial charge in [-0.3, -0.25) is 4.90 Å². The van der Waals surface area contributed by atoms with Crippen molar-refractivity contribution in [2.24, 2.45) is 0 Å². The molecule has 0 radical (unpaired) electrons. The topological polar surface area (TPSA) is 43.8 Å². The molecule has 1 aromatic heterocycles. The summed E-state index contributed by atoms with van der Waals surface area (Å²) in [5, 5.41) is 9.05. The average molecular weight is 282 g/mol. The summed E-state index contributed by atoms with van der Waals surface area (Å²) >= 11 is 1.38. The first-order valence-corrected chi connectivity index (χ1v) is 7.54. The third-order valence-corrected chi connectivity index (χ3v) is 4.87. The summed E-state index contributed by atoms with van der Waals surface area (Å²) in [6, 6.07) is 2.35. The molecule has 1 saturated heterocycles. The van der Waals surface area contributed by atoms with Gasteiger partial charge in [-0.25, -0.2) is 4.79 Å². The van der Waals surface area contributed by atoms with E-state index in [-0.39, 0.29) is 0 Å². The molecule has 1 N–H and O–H groups in total. The quantitative estimate of drug-likeness (QED) is 0.924. The van der Waals surface area contributed by atoms with Crippen molar-refractivity contribution in [3.05, 3.63) is 21.4 Å². The Labute approximate surface area is 118 Å². The summed E-state index contributed by atoms with van der Waals surface area (Å²) in [4.78, 5) is 17.4. The van der Waals surface area contributed by atoms with Crippen molar-refractivity contribution in [3.8, 4) is 0 Å². The van der Waals surface area contributed by atoms with E-state index in [9.17, 15) is 4.79 Å². The molecule has 0 aromatic carbocycles. The van der Waals surface area contributed by atoms with Gasteiger partial charge in [0.1, 0.15) is 4.88 Å². The van der Waals surface area contributed by atoms with E-state index in [1.165, 1.54) is 23.3 Å². The first kappa shape index (κ1) is 14.5. The van der Waals surface area contributed by atoms with E-state index in [2.05, 4.69) is 23.8 Å². The Balaban J connectivity index is 2.09. The van der Waals surface area contributed by atoms with Crippen LogP contribution in [0.15, 0.2) is 6.07 Å². The van der Waals surface area contributed by atoms with Crippen LogP contribution in [-0.4, -0.2) is 53.6 Å². The first-order valence-electron chi connectivity index (χ1n) is 6.72. The Morgan fingerprint density at radius 2 is 2.26 bits per heavy atom. The molecule has 2 rings (SSSR count). The highest BCUT2D eigenvalue weighted by atomic mass is 32.1. The number of carboxylic acids is 1. The van der Waals surface area contributed by atoms with Gasteiger partial charge < -0.3 is 10.0 Å². The molecule has 1 aliphatic heterocycles. The Morgan fingerprint density at radius 1 is 1.53 bits per heavy atom. The molecule has 0 spiro atoms. The summed E-state index contributed by atoms with van der Waals surface area (Å²) in [5.74, 6) is -0.817. The number of rotatable bonds is 3. The van der Waals surface area contributed by atoms with Gasteiger partial charge in [0, 0.05) is 30.6 Å². The van der Waals surface area contributed by atoms with Crippen molar-refractivity contribution >= 4 is 17.3 Å². The molecule has 0 bridgehead atoms. The van der Waals surface area contributed by atoms with E-state index >= 15 is 0 Å². The van der Waals surface area contributed by atoms with Gasteiger partial charge >= 0.3 is 5.97 Å². The molecule has 4 nitrogen and oxygen atoms in total. The minimum absolute atomic E-state index is 0.451. The Bertz CT molecular complexity index is 458. The second-order valence-corrected chi connectivity index (χ2v) is 6.69. The highest BCUT2D eigenvalue weighted by Gasteiger charge is 2.21. The maximum atomic E-state index is 11.0. The number of carboxylic acid groups (broad SMARTS) is 1. The zero-order valence-electron chi connectivity index (χ0n) is 11.8. The summed E-state index contributed by atoms with van der Waals surface area (Å²) in [5.41, 5.74) is 1.17. The van der Waals surface area contributed by atoms with Gasteiger partial charge in [0.05, 0.1) is 0 Å². The lowest BCUT2D eigenvalue weighted by atomic mass is 10.2. The summed E-state index contributed by atoms with van der Waals surface area (Å²) in [6.07, 6.45) is 1.18. The number of hydrogen-bond acceptors (Lipinski definition) is 4. The molecule has 2 heterocycles. The van der Waals surface area contributed by atoms with Crippen LogP contribution in [0.25, 0.3) is 0 Å². The maximum absolute atomic E-state index is 11.0. The molecule has 1 atom stereocenters. The largest absolute Gasteiger partial charge is 0.477 e. The smallest absolute Gasteiger partial charge is 0.345 e. The highest BCUT2D eigenvalue weighted by Crippen LogP contribution is 2.24. The number of aromatic carboxylic acids is 1. The van der Waals surface area contributed by atoms with Gasteiger partial charge in [0.2, 0.25) is 0 Å². The van der Waals surface area contributed by atoms with Crippen LogP contribution in [0.4, 0.5) is 0 Å². The van der Waals surface area contributed by atoms with Gasteiger partial charge in [-0.15, -0.1) is 11.3 Å². The fraction of sp³-hybridized carbons (Fsp3) is 0.643. The van der Waals surface area contributed by atoms with E-state index in [4.69, 9.17) is 5.11 Å². The molecule has 1 aliphatic rings. The molecular weight excluding hydrogens is 260 g/mol. The monoisotopic (exact) mass is 282 g/mol. The molecular formula is C14H22N2O2S. The molecule has 0 amide bonds. The van der Waals surface area contributed by atoms with Gasteiger partial charge in [0.25, 0.3) is 0 Å². The number of nitrogens with zero attached hydrogens (tertiary/aromatic N) is 2. The zero-order chi connectivity index (χ0) is 14.0. The lowest BCUT2D eigenvalue weighted by Crippen LogP contribution is -2.37. The minimum atomic E-state index is -0.817. The van der Waals surface area contributed by atoms with Crippen molar-refractivity contribution in [3.63, 3.8) is 0 Å². The van der Waals surface area contributed by atoms with Crippen molar-refractivity contribution in [1.29, 1.82) is 0 Å². The second kappa shape index (κ2) is 6.03. The van der Waals surface area contributed by atoms with E-state index in [0.29, 0.717) is 10.9 Å². The third-order valence-electron chi connectivity index (χ3n) is 3.79. The second-order valence-electron chi connectivity index (χ2n) is 5.43. The van der Waals surface area contributed by atoms with Gasteiger partial charge in [-0.2, -0.15) is 0 Å². The number of hydrogen-bond donors (Lipinski definition) is 1. The van der Waals surface area contributed by atoms with Crippen LogP contribution in [0, 0.1) is 6.92 Å². The number of likely N-dealkylation sites (N-methyl/N-ethyl adjacent to an activating group) is 1. The Kier molecular flexibility index (Phi) is 4.60. The van der Waals surface area contributed by atoms with Crippen LogP contribution < -0.4 is 0 Å². The SMILES string of the molecule is Cc1sc(C(=O)O)cc1CN1CCCN(C)CC1C. The number of thiophene rings is 1. The number of aryl methyl sites for hydroxylation is 1. The molecule has 106 valence electrons. The lowest BCUT2D eigenvalue weighted by molar-refractivity contribution is 0.0702. The summed E-state index contributed by atoms with van der Waals surface area (Å²) < 4.78 is 0. The van der Waals surface area contributed by atoms with E-state index < -0.39 is 5.97 Å². The Hall–Kier alpha value is -0.910. The van der Waals surface area contributed by atoms with Crippen molar-refractivity contribution in [2.75, 3.05) is 26.7 Å². The van der Waals surface area contributed by atoms with E-state index in [1.54, 1.807) is 0 Å². The zero-order valence-corrected chi connectivity index (χ0v) is 12.7. The normalized spacial score (nSPS) is 22.4. The summed E-state index contributed by atoms with van der Waals surface area (Å²) in [6.45, 7) is 8.44. The van der Waals surface area contributed by atoms with Crippen LogP contribution in [0.1, 0.15) is 33.5 Å². The molecule has 19 heavy (non-hydrogen) atoms. The molecule has 0 saturated carbocycles. The first-order chi connectivity index (χ1) is 8.97. The highest BCUT2D eigenvalue weighted by molar-refractivity contribution is 7.14. The van der Waals surface area contributed by atoms with Crippen LogP contribution in [-0.2, 0) is 6.54 Å². The maximum Gasteiger partial charge on any atom is 0.345 e. The average Bonchev–Trinajstić information content (AvgIpc) is 2.61. The van der Waals surface area contributed by atoms with Crippen LogP contribution in [0.3, 0.4) is 0 Å². The van der Waals surface area contributed by atoms with Gasteiger partial charge in [-0.1, -0.05) is 0 Å². The molecule has 1 aromatic rings. The van der Waals surface area contributed by atoms with Crippen LogP contribution in [0.5, 0.6) is 0 Å². The minimum Gasteiger partial charge on any atom is -0.477 e. The predicted molar refractivity (Wildman–Crippen MR) is 78.0 cm³/mol. The van der Waals surface area contributed by atoms with Crippen LogP contribution >= 0.6 is 11.3 Å².